The first kappa shape index (κ1) is 61.9. The van der Waals surface area contributed by atoms with Crippen LogP contribution in [0.25, 0.3) is 0 Å². The van der Waals surface area contributed by atoms with Gasteiger partial charge in [-0.3, -0.25) is 9.59 Å². The van der Waals surface area contributed by atoms with Crippen LogP contribution in [0.15, 0.2) is 36.5 Å². The van der Waals surface area contributed by atoms with Crippen LogP contribution < -0.4 is 5.32 Å². The van der Waals surface area contributed by atoms with Crippen LogP contribution >= 0.6 is 0 Å². The first-order valence-electron chi connectivity index (χ1n) is 27.2. The van der Waals surface area contributed by atoms with Crippen molar-refractivity contribution < 1.29 is 49.3 Å². The molecule has 11 heteroatoms. The molecule has 0 aromatic carbocycles. The lowest BCUT2D eigenvalue weighted by atomic mass is 9.99. The number of esters is 1. The van der Waals surface area contributed by atoms with E-state index in [1.807, 2.05) is 19.1 Å². The number of allylic oxidation sites excluding steroid dienone is 5. The topological polar surface area (TPSA) is 175 Å². The average Bonchev–Trinajstić information content (AvgIpc) is 3.31. The first-order valence-corrected chi connectivity index (χ1v) is 27.2. The summed E-state index contributed by atoms with van der Waals surface area (Å²) < 4.78 is 16.6. The van der Waals surface area contributed by atoms with E-state index in [1.165, 1.54) is 135 Å². The van der Waals surface area contributed by atoms with Crippen LogP contribution in [0.5, 0.6) is 0 Å². The van der Waals surface area contributed by atoms with Gasteiger partial charge in [0.25, 0.3) is 0 Å². The van der Waals surface area contributed by atoms with Gasteiger partial charge in [-0.2, -0.15) is 0 Å². The fourth-order valence-corrected chi connectivity index (χ4v) is 8.47. The Bertz CT molecular complexity index is 1190. The second kappa shape index (κ2) is 45.3. The number of hydrogen-bond acceptors (Lipinski definition) is 10. The molecular weight excluding hydrogens is 835 g/mol. The quantitative estimate of drug-likeness (QED) is 0.0196. The minimum atomic E-state index is -1.58. The fourth-order valence-electron chi connectivity index (χ4n) is 8.47. The monoisotopic (exact) mass is 936 g/mol. The van der Waals surface area contributed by atoms with Gasteiger partial charge in [-0.15, -0.1) is 0 Å². The van der Waals surface area contributed by atoms with Gasteiger partial charge in [0.05, 0.1) is 32.0 Å². The molecule has 1 aliphatic rings. The van der Waals surface area contributed by atoms with Crippen LogP contribution in [0.3, 0.4) is 0 Å². The van der Waals surface area contributed by atoms with Gasteiger partial charge in [0.1, 0.15) is 24.4 Å². The van der Waals surface area contributed by atoms with E-state index in [2.05, 4.69) is 30.5 Å². The summed E-state index contributed by atoms with van der Waals surface area (Å²) in [6.07, 6.45) is 44.0. The highest BCUT2D eigenvalue weighted by Crippen LogP contribution is 2.23. The van der Waals surface area contributed by atoms with E-state index in [-0.39, 0.29) is 18.5 Å². The Labute approximate surface area is 403 Å². The molecule has 0 aromatic heterocycles. The molecule has 1 amide bonds. The Morgan fingerprint density at radius 1 is 0.576 bits per heavy atom. The van der Waals surface area contributed by atoms with Crippen molar-refractivity contribution in [1.29, 1.82) is 0 Å². The van der Waals surface area contributed by atoms with Crippen molar-refractivity contribution in [3.8, 4) is 0 Å². The molecule has 11 nitrogen and oxygen atoms in total. The third kappa shape index (κ3) is 35.1. The van der Waals surface area contributed by atoms with Crippen molar-refractivity contribution >= 4 is 11.9 Å². The normalized spacial score (nSPS) is 19.9. The standard InChI is InChI=1S/C55H101NO10/c1-3-5-7-9-11-13-22-27-31-35-39-43-51(60)64-44-40-36-32-28-24-21-19-17-15-14-16-18-20-23-26-30-34-38-42-50(59)56-47(48(58)41-37-33-29-25-12-10-8-6-4-2)46-65-55-54(63)53(62)52(61)49(45-57)66-55/h4,6,12,25,37,41,47-49,52-55,57-58,61-63H,3,5,7-11,13-24,26-36,38-40,42-46H2,1-2H3,(H,56,59)/b6-4+,25-12+,41-37+. The summed E-state index contributed by atoms with van der Waals surface area (Å²) in [6.45, 7) is 4.06. The summed E-state index contributed by atoms with van der Waals surface area (Å²) in [5.41, 5.74) is 0. The van der Waals surface area contributed by atoms with E-state index >= 15 is 0 Å². The Hall–Kier alpha value is -2.12. The summed E-state index contributed by atoms with van der Waals surface area (Å²) >= 11 is 0. The molecule has 0 aromatic rings. The molecule has 7 atom stereocenters. The Balaban J connectivity index is 2.07. The van der Waals surface area contributed by atoms with E-state index < -0.39 is 49.5 Å². The Morgan fingerprint density at radius 3 is 1.50 bits per heavy atom. The highest BCUT2D eigenvalue weighted by Gasteiger charge is 2.44. The van der Waals surface area contributed by atoms with Gasteiger partial charge in [-0.25, -0.2) is 0 Å². The molecule has 1 rings (SSSR count). The fraction of sp³-hybridized carbons (Fsp3) is 0.855. The molecule has 1 aliphatic heterocycles. The van der Waals surface area contributed by atoms with E-state index in [1.54, 1.807) is 6.08 Å². The van der Waals surface area contributed by atoms with Crippen molar-refractivity contribution in [2.24, 2.45) is 0 Å². The molecule has 7 unspecified atom stereocenters. The molecule has 0 saturated carbocycles. The molecular formula is C55H101NO10. The summed E-state index contributed by atoms with van der Waals surface area (Å²) in [5.74, 6) is -0.214. The number of aliphatic hydroxyl groups excluding tert-OH is 5. The zero-order valence-corrected chi connectivity index (χ0v) is 42.2. The third-order valence-electron chi connectivity index (χ3n) is 12.8. The van der Waals surface area contributed by atoms with E-state index in [4.69, 9.17) is 14.2 Å². The maximum absolute atomic E-state index is 13.0. The molecule has 6 N–H and O–H groups in total. The second-order valence-corrected chi connectivity index (χ2v) is 18.9. The van der Waals surface area contributed by atoms with Gasteiger partial charge in [0.2, 0.25) is 5.91 Å². The SMILES string of the molecule is C/C=C/CC/C=C/CC/C=C/C(O)C(COC1OC(CO)C(O)C(O)C1O)NC(=O)CCCCCCCCCCCCCCCCCCCCOC(=O)CCCCCCCCCCCCC. The summed E-state index contributed by atoms with van der Waals surface area (Å²) in [7, 11) is 0. The van der Waals surface area contributed by atoms with Gasteiger partial charge < -0.3 is 45.1 Å². The molecule has 66 heavy (non-hydrogen) atoms. The number of unbranched alkanes of at least 4 members (excludes halogenated alkanes) is 29. The lowest BCUT2D eigenvalue weighted by Gasteiger charge is -2.40. The third-order valence-corrected chi connectivity index (χ3v) is 12.8. The van der Waals surface area contributed by atoms with Crippen LogP contribution in [-0.4, -0.2) is 100 Å². The highest BCUT2D eigenvalue weighted by atomic mass is 16.7. The molecule has 1 heterocycles. The number of hydrogen-bond donors (Lipinski definition) is 6. The van der Waals surface area contributed by atoms with Gasteiger partial charge in [0, 0.05) is 12.8 Å². The predicted molar refractivity (Wildman–Crippen MR) is 269 cm³/mol. The zero-order valence-electron chi connectivity index (χ0n) is 42.2. The maximum atomic E-state index is 13.0. The van der Waals surface area contributed by atoms with Crippen molar-refractivity contribution in [3.63, 3.8) is 0 Å². The zero-order chi connectivity index (χ0) is 48.1. The van der Waals surface area contributed by atoms with Crippen molar-refractivity contribution in [1.82, 2.24) is 5.32 Å². The number of rotatable bonds is 46. The number of ether oxygens (including phenoxy) is 3. The largest absolute Gasteiger partial charge is 0.466 e. The van der Waals surface area contributed by atoms with Crippen LogP contribution in [0, 0.1) is 0 Å². The van der Waals surface area contributed by atoms with Gasteiger partial charge >= 0.3 is 5.97 Å². The maximum Gasteiger partial charge on any atom is 0.305 e. The number of carbonyl (C=O) groups excluding carboxylic acids is 2. The number of carbonyl (C=O) groups is 2. The minimum Gasteiger partial charge on any atom is -0.466 e. The summed E-state index contributed by atoms with van der Waals surface area (Å²) in [5, 5.41) is 54.1. The van der Waals surface area contributed by atoms with Crippen molar-refractivity contribution in [2.75, 3.05) is 19.8 Å². The highest BCUT2D eigenvalue weighted by molar-refractivity contribution is 5.76. The smallest absolute Gasteiger partial charge is 0.305 e. The van der Waals surface area contributed by atoms with E-state index in [9.17, 15) is 35.1 Å². The molecule has 0 radical (unpaired) electrons. The van der Waals surface area contributed by atoms with E-state index in [0.717, 1.165) is 77.0 Å². The van der Waals surface area contributed by atoms with Crippen LogP contribution in [0.2, 0.25) is 0 Å². The summed E-state index contributed by atoms with van der Waals surface area (Å²) in [4.78, 5) is 25.0. The molecule has 386 valence electrons. The van der Waals surface area contributed by atoms with E-state index in [0.29, 0.717) is 19.4 Å². The number of aliphatic hydroxyl groups is 5. The molecule has 1 fully saturated rings. The Morgan fingerprint density at radius 2 is 1.02 bits per heavy atom. The molecule has 1 saturated heterocycles. The lowest BCUT2D eigenvalue weighted by Crippen LogP contribution is -2.60. The van der Waals surface area contributed by atoms with Crippen LogP contribution in [0.4, 0.5) is 0 Å². The Kier molecular flexibility index (Phi) is 42.5. The van der Waals surface area contributed by atoms with Gasteiger partial charge in [-0.05, 0) is 51.9 Å². The molecule has 0 spiro atoms. The second-order valence-electron chi connectivity index (χ2n) is 18.9. The lowest BCUT2D eigenvalue weighted by molar-refractivity contribution is -0.302. The van der Waals surface area contributed by atoms with Crippen LogP contribution in [0.1, 0.15) is 239 Å². The molecule has 0 aliphatic carbocycles. The first-order chi connectivity index (χ1) is 32.2. The van der Waals surface area contributed by atoms with Crippen LogP contribution in [-0.2, 0) is 23.8 Å². The summed E-state index contributed by atoms with van der Waals surface area (Å²) in [6, 6.07) is -0.836. The van der Waals surface area contributed by atoms with Gasteiger partial charge in [-0.1, -0.05) is 210 Å². The van der Waals surface area contributed by atoms with Crippen molar-refractivity contribution in [3.05, 3.63) is 36.5 Å². The van der Waals surface area contributed by atoms with Gasteiger partial charge in [0.15, 0.2) is 6.29 Å². The minimum absolute atomic E-state index is 0.0106. The number of nitrogens with one attached hydrogen (secondary N) is 1. The van der Waals surface area contributed by atoms with Crippen molar-refractivity contribution in [2.45, 2.75) is 281 Å². The molecule has 0 bridgehead atoms. The number of amides is 1. The predicted octanol–water partition coefficient (Wildman–Crippen LogP) is 11.6. The average molecular weight is 936 g/mol.